The summed E-state index contributed by atoms with van der Waals surface area (Å²) in [7, 11) is 2.44. The molecular formula is C25H25F7N4O2. The Morgan fingerprint density at radius 1 is 0.895 bits per heavy atom. The number of carbonyl (C=O) groups is 2. The monoisotopic (exact) mass is 546 g/mol. The lowest BCUT2D eigenvalue weighted by atomic mass is 9.93. The van der Waals surface area contributed by atoms with E-state index in [1.807, 2.05) is 0 Å². The Morgan fingerprint density at radius 3 is 1.95 bits per heavy atom. The molecule has 206 valence electrons. The second kappa shape index (κ2) is 9.99. The average Bonchev–Trinajstić information content (AvgIpc) is 3.55. The molecule has 1 saturated carbocycles. The number of amides is 4. The molecule has 2 aromatic rings. The van der Waals surface area contributed by atoms with Gasteiger partial charge in [-0.25, -0.2) is 14.0 Å². The second-order valence-electron chi connectivity index (χ2n) is 9.57. The highest BCUT2D eigenvalue weighted by molar-refractivity contribution is 5.92. The van der Waals surface area contributed by atoms with Gasteiger partial charge in [0.1, 0.15) is 5.82 Å². The Kier molecular flexibility index (Phi) is 7.23. The first-order valence-corrected chi connectivity index (χ1v) is 11.8. The lowest BCUT2D eigenvalue weighted by Gasteiger charge is -2.33. The summed E-state index contributed by atoms with van der Waals surface area (Å²) >= 11 is 0. The van der Waals surface area contributed by atoms with E-state index in [9.17, 15) is 40.3 Å². The number of carbonyl (C=O) groups excluding carboxylic acids is 2. The number of nitrogens with zero attached hydrogens (tertiary/aromatic N) is 3. The summed E-state index contributed by atoms with van der Waals surface area (Å²) in [6.07, 6.45) is -8.43. The first-order chi connectivity index (χ1) is 17.6. The summed E-state index contributed by atoms with van der Waals surface area (Å²) in [5.41, 5.74) is -3.06. The SMILES string of the molecule is CN(C(=O)N(C)[C@@H]1CN(C(=O)NC2CC2)C[C@H]1c1ccc(F)cc1)c1cc(C(F)(F)F)cc(C(F)(F)F)c1. The van der Waals surface area contributed by atoms with Crippen molar-refractivity contribution in [2.24, 2.45) is 0 Å². The molecule has 0 aromatic heterocycles. The molecular weight excluding hydrogens is 521 g/mol. The van der Waals surface area contributed by atoms with Crippen molar-refractivity contribution in [3.05, 3.63) is 65.0 Å². The van der Waals surface area contributed by atoms with Gasteiger partial charge in [0.05, 0.1) is 17.2 Å². The molecule has 13 heteroatoms. The first-order valence-electron chi connectivity index (χ1n) is 11.8. The Hall–Kier alpha value is -3.51. The fourth-order valence-electron chi connectivity index (χ4n) is 4.50. The Morgan fingerprint density at radius 2 is 1.45 bits per heavy atom. The van der Waals surface area contributed by atoms with Crippen LogP contribution in [-0.2, 0) is 12.4 Å². The van der Waals surface area contributed by atoms with Crippen molar-refractivity contribution >= 4 is 17.7 Å². The van der Waals surface area contributed by atoms with Crippen LogP contribution >= 0.6 is 0 Å². The van der Waals surface area contributed by atoms with Gasteiger partial charge in [0.25, 0.3) is 0 Å². The molecule has 4 rings (SSSR count). The number of rotatable bonds is 4. The van der Waals surface area contributed by atoms with E-state index in [0.717, 1.165) is 19.9 Å². The van der Waals surface area contributed by atoms with Crippen molar-refractivity contribution in [1.29, 1.82) is 0 Å². The van der Waals surface area contributed by atoms with Gasteiger partial charge >= 0.3 is 24.4 Å². The van der Waals surface area contributed by atoms with Crippen molar-refractivity contribution in [1.82, 2.24) is 15.1 Å². The van der Waals surface area contributed by atoms with Crippen molar-refractivity contribution in [2.45, 2.75) is 43.2 Å². The lowest BCUT2D eigenvalue weighted by molar-refractivity contribution is -0.143. The molecule has 1 saturated heterocycles. The third-order valence-corrected chi connectivity index (χ3v) is 6.83. The van der Waals surface area contributed by atoms with Gasteiger partial charge in [-0.3, -0.25) is 4.90 Å². The minimum atomic E-state index is -5.07. The third kappa shape index (κ3) is 5.97. The summed E-state index contributed by atoms with van der Waals surface area (Å²) in [6, 6.07) is 4.59. The number of halogens is 7. The van der Waals surface area contributed by atoms with Crippen LogP contribution < -0.4 is 10.2 Å². The van der Waals surface area contributed by atoms with Crippen LogP contribution in [0.1, 0.15) is 35.4 Å². The minimum Gasteiger partial charge on any atom is -0.335 e. The molecule has 0 spiro atoms. The van der Waals surface area contributed by atoms with Gasteiger partial charge < -0.3 is 15.1 Å². The molecule has 2 aliphatic rings. The molecule has 1 N–H and O–H groups in total. The number of nitrogens with one attached hydrogen (secondary N) is 1. The van der Waals surface area contributed by atoms with E-state index < -0.39 is 53.0 Å². The molecule has 6 nitrogen and oxygen atoms in total. The summed E-state index contributed by atoms with van der Waals surface area (Å²) < 4.78 is 93.5. The third-order valence-electron chi connectivity index (χ3n) is 6.83. The molecule has 0 bridgehead atoms. The van der Waals surface area contributed by atoms with Crippen molar-refractivity contribution < 1.29 is 40.3 Å². The zero-order valence-electron chi connectivity index (χ0n) is 20.4. The molecule has 2 fully saturated rings. The quantitative estimate of drug-likeness (QED) is 0.501. The van der Waals surface area contributed by atoms with Gasteiger partial charge in [0.2, 0.25) is 0 Å². The zero-order valence-corrected chi connectivity index (χ0v) is 20.4. The van der Waals surface area contributed by atoms with E-state index >= 15 is 0 Å². The molecule has 0 radical (unpaired) electrons. The average molecular weight is 546 g/mol. The summed E-state index contributed by atoms with van der Waals surface area (Å²) in [6.45, 7) is 0.241. The number of hydrogen-bond donors (Lipinski definition) is 1. The van der Waals surface area contributed by atoms with E-state index in [1.54, 1.807) is 0 Å². The zero-order chi connectivity index (χ0) is 28.0. The smallest absolute Gasteiger partial charge is 0.335 e. The van der Waals surface area contributed by atoms with Crippen LogP contribution in [0.15, 0.2) is 42.5 Å². The number of likely N-dealkylation sites (N-methyl/N-ethyl adjacent to an activating group) is 1. The largest absolute Gasteiger partial charge is 0.416 e. The fraction of sp³-hybridized carbons (Fsp3) is 0.440. The Balaban J connectivity index is 1.62. The highest BCUT2D eigenvalue weighted by Crippen LogP contribution is 2.39. The van der Waals surface area contributed by atoms with Crippen LogP contribution in [0.4, 0.5) is 46.0 Å². The Labute approximate surface area is 214 Å². The van der Waals surface area contributed by atoms with Crippen LogP contribution in [-0.4, -0.2) is 61.1 Å². The number of benzene rings is 2. The van der Waals surface area contributed by atoms with Crippen LogP contribution in [0.25, 0.3) is 0 Å². The molecule has 38 heavy (non-hydrogen) atoms. The first kappa shape index (κ1) is 27.5. The van der Waals surface area contributed by atoms with Crippen LogP contribution in [0.2, 0.25) is 0 Å². The molecule has 1 heterocycles. The van der Waals surface area contributed by atoms with E-state index in [-0.39, 0.29) is 31.2 Å². The fourth-order valence-corrected chi connectivity index (χ4v) is 4.50. The maximum absolute atomic E-state index is 13.5. The standard InChI is InChI=1S/C25H25F7N4O2/c1-34(19-10-15(24(27,28)29)9-16(11-19)25(30,31)32)23(38)35(2)21-13-36(22(37)33-18-7-8-18)12-20(21)14-3-5-17(26)6-4-14/h3-6,9-11,18,20-21H,7-8,12-13H2,1-2H3,(H,33,37)/t20-,21+/m0/s1. The van der Waals surface area contributed by atoms with Crippen LogP contribution in [0.3, 0.4) is 0 Å². The highest BCUT2D eigenvalue weighted by Gasteiger charge is 2.42. The van der Waals surface area contributed by atoms with Crippen molar-refractivity contribution in [3.63, 3.8) is 0 Å². The molecule has 2 aromatic carbocycles. The summed E-state index contributed by atoms with van der Waals surface area (Å²) in [5.74, 6) is -0.962. The molecule has 4 amide bonds. The summed E-state index contributed by atoms with van der Waals surface area (Å²) in [4.78, 5) is 29.5. The second-order valence-corrected chi connectivity index (χ2v) is 9.57. The van der Waals surface area contributed by atoms with Crippen molar-refractivity contribution in [3.8, 4) is 0 Å². The predicted molar refractivity (Wildman–Crippen MR) is 124 cm³/mol. The number of hydrogen-bond acceptors (Lipinski definition) is 2. The topological polar surface area (TPSA) is 55.9 Å². The number of alkyl halides is 6. The van der Waals surface area contributed by atoms with E-state index in [0.29, 0.717) is 22.6 Å². The number of anilines is 1. The number of urea groups is 2. The van der Waals surface area contributed by atoms with Gasteiger partial charge in [0.15, 0.2) is 0 Å². The molecule has 1 aliphatic carbocycles. The van der Waals surface area contributed by atoms with Crippen LogP contribution in [0.5, 0.6) is 0 Å². The van der Waals surface area contributed by atoms with E-state index in [4.69, 9.17) is 0 Å². The van der Waals surface area contributed by atoms with Gasteiger partial charge in [-0.1, -0.05) is 12.1 Å². The Bertz CT molecular complexity index is 1160. The normalized spacial score (nSPS) is 19.9. The van der Waals surface area contributed by atoms with Gasteiger partial charge in [-0.05, 0) is 48.7 Å². The summed E-state index contributed by atoms with van der Waals surface area (Å²) in [5, 5.41) is 2.85. The molecule has 0 unspecified atom stereocenters. The maximum atomic E-state index is 13.5. The van der Waals surface area contributed by atoms with Crippen LogP contribution in [0, 0.1) is 5.82 Å². The maximum Gasteiger partial charge on any atom is 0.416 e. The van der Waals surface area contributed by atoms with Gasteiger partial charge in [-0.15, -0.1) is 0 Å². The predicted octanol–water partition coefficient (Wildman–Crippen LogP) is 5.69. The van der Waals surface area contributed by atoms with Gasteiger partial charge in [0, 0.05) is 44.8 Å². The van der Waals surface area contributed by atoms with E-state index in [1.165, 1.54) is 41.1 Å². The highest BCUT2D eigenvalue weighted by atomic mass is 19.4. The molecule has 1 aliphatic heterocycles. The lowest BCUT2D eigenvalue weighted by Crippen LogP contribution is -2.48. The minimum absolute atomic E-state index is 0.0105. The van der Waals surface area contributed by atoms with Gasteiger partial charge in [-0.2, -0.15) is 26.3 Å². The molecule has 2 atom stereocenters. The van der Waals surface area contributed by atoms with Crippen molar-refractivity contribution in [2.75, 3.05) is 32.1 Å². The van der Waals surface area contributed by atoms with E-state index in [2.05, 4.69) is 5.32 Å². The number of likely N-dealkylation sites (tertiary alicyclic amines) is 1.